The van der Waals surface area contributed by atoms with Gasteiger partial charge in [-0.15, -0.1) is 0 Å². The molecule has 1 aromatic carbocycles. The van der Waals surface area contributed by atoms with E-state index in [1.807, 2.05) is 0 Å². The second kappa shape index (κ2) is 7.39. The fraction of sp³-hybridized carbons (Fsp3) is 0.588. The van der Waals surface area contributed by atoms with E-state index in [2.05, 4.69) is 6.92 Å². The zero-order valence-electron chi connectivity index (χ0n) is 14.4. The molecule has 25 heavy (non-hydrogen) atoms. The zero-order valence-corrected chi connectivity index (χ0v) is 15.2. The molecule has 2 saturated heterocycles. The van der Waals surface area contributed by atoms with E-state index in [9.17, 15) is 17.6 Å². The van der Waals surface area contributed by atoms with Gasteiger partial charge in [0.1, 0.15) is 5.82 Å². The Morgan fingerprint density at radius 3 is 2.16 bits per heavy atom. The normalized spacial score (nSPS) is 21.4. The number of nitrogens with zero attached hydrogens (tertiary/aromatic N) is 3. The number of carbonyl (C=O) groups is 1. The summed E-state index contributed by atoms with van der Waals surface area (Å²) in [5, 5.41) is 0. The Morgan fingerprint density at radius 2 is 1.56 bits per heavy atom. The highest BCUT2D eigenvalue weighted by molar-refractivity contribution is 7.86. The van der Waals surface area contributed by atoms with Crippen molar-refractivity contribution < 1.29 is 17.6 Å². The summed E-state index contributed by atoms with van der Waals surface area (Å²) in [6.45, 7) is 4.28. The molecule has 1 aromatic rings. The average Bonchev–Trinajstić information content (AvgIpc) is 2.62. The molecule has 0 bridgehead atoms. The Labute approximate surface area is 148 Å². The highest BCUT2D eigenvalue weighted by atomic mass is 32.2. The molecule has 6 nitrogen and oxygen atoms in total. The van der Waals surface area contributed by atoms with Gasteiger partial charge in [0.2, 0.25) is 0 Å². The summed E-state index contributed by atoms with van der Waals surface area (Å²) < 4.78 is 42.2. The maximum absolute atomic E-state index is 13.8. The van der Waals surface area contributed by atoms with Gasteiger partial charge >= 0.3 is 0 Å². The summed E-state index contributed by atoms with van der Waals surface area (Å²) in [5.41, 5.74) is 0.0313. The molecule has 0 saturated carbocycles. The standard InChI is InChI=1S/C17H24FN3O3S/c1-14-6-8-20(9-7-14)25(23,24)21-12-10-19(11-13-21)17(22)15-4-2-3-5-16(15)18/h2-5,14H,6-13H2,1H3. The van der Waals surface area contributed by atoms with E-state index in [0.29, 0.717) is 19.0 Å². The average molecular weight is 369 g/mol. The van der Waals surface area contributed by atoms with Crippen molar-refractivity contribution in [2.75, 3.05) is 39.3 Å². The van der Waals surface area contributed by atoms with Crippen LogP contribution in [0.4, 0.5) is 4.39 Å². The maximum Gasteiger partial charge on any atom is 0.282 e. The van der Waals surface area contributed by atoms with Crippen molar-refractivity contribution in [2.24, 2.45) is 5.92 Å². The van der Waals surface area contributed by atoms with E-state index < -0.39 is 16.0 Å². The molecule has 3 rings (SSSR count). The number of piperidine rings is 1. The SMILES string of the molecule is CC1CCN(S(=O)(=O)N2CCN(C(=O)c3ccccc3F)CC2)CC1. The highest BCUT2D eigenvalue weighted by Crippen LogP contribution is 2.22. The van der Waals surface area contributed by atoms with Crippen LogP contribution in [0.5, 0.6) is 0 Å². The van der Waals surface area contributed by atoms with Crippen molar-refractivity contribution >= 4 is 16.1 Å². The van der Waals surface area contributed by atoms with E-state index in [1.165, 1.54) is 27.4 Å². The smallest absolute Gasteiger partial charge is 0.282 e. The van der Waals surface area contributed by atoms with E-state index in [-0.39, 0.29) is 37.6 Å². The first-order valence-electron chi connectivity index (χ1n) is 8.68. The molecule has 2 aliphatic rings. The quantitative estimate of drug-likeness (QED) is 0.812. The predicted molar refractivity (Wildman–Crippen MR) is 92.8 cm³/mol. The maximum atomic E-state index is 13.8. The summed E-state index contributed by atoms with van der Waals surface area (Å²) in [6, 6.07) is 5.87. The Kier molecular flexibility index (Phi) is 5.41. The second-order valence-corrected chi connectivity index (χ2v) is 8.69. The lowest BCUT2D eigenvalue weighted by atomic mass is 10.0. The van der Waals surface area contributed by atoms with Gasteiger partial charge < -0.3 is 4.90 Å². The largest absolute Gasteiger partial charge is 0.336 e. The highest BCUT2D eigenvalue weighted by Gasteiger charge is 2.35. The molecule has 2 fully saturated rings. The molecule has 0 N–H and O–H groups in total. The minimum absolute atomic E-state index is 0.0313. The molecule has 2 heterocycles. The van der Waals surface area contributed by atoms with Crippen LogP contribution in [0, 0.1) is 11.7 Å². The van der Waals surface area contributed by atoms with Gasteiger partial charge in [0.15, 0.2) is 0 Å². The third-order valence-corrected chi connectivity index (χ3v) is 7.06. The van der Waals surface area contributed by atoms with Crippen molar-refractivity contribution in [3.05, 3.63) is 35.6 Å². The molecule has 0 aliphatic carbocycles. The van der Waals surface area contributed by atoms with Crippen molar-refractivity contribution in [3.63, 3.8) is 0 Å². The summed E-state index contributed by atoms with van der Waals surface area (Å²) in [6.07, 6.45) is 1.76. The van der Waals surface area contributed by atoms with Crippen LogP contribution in [-0.4, -0.2) is 67.1 Å². The van der Waals surface area contributed by atoms with Crippen LogP contribution in [-0.2, 0) is 10.2 Å². The van der Waals surface area contributed by atoms with Crippen LogP contribution in [0.25, 0.3) is 0 Å². The number of halogens is 1. The van der Waals surface area contributed by atoms with Crippen LogP contribution < -0.4 is 0 Å². The summed E-state index contributed by atoms with van der Waals surface area (Å²) in [4.78, 5) is 13.9. The van der Waals surface area contributed by atoms with Crippen LogP contribution in [0.2, 0.25) is 0 Å². The van der Waals surface area contributed by atoms with Crippen LogP contribution in [0.3, 0.4) is 0 Å². The topological polar surface area (TPSA) is 60.9 Å². The monoisotopic (exact) mass is 369 g/mol. The van der Waals surface area contributed by atoms with E-state index in [1.54, 1.807) is 10.4 Å². The van der Waals surface area contributed by atoms with Crippen LogP contribution in [0.15, 0.2) is 24.3 Å². The molecule has 0 atom stereocenters. The molecule has 8 heteroatoms. The lowest BCUT2D eigenvalue weighted by molar-refractivity contribution is 0.0688. The minimum Gasteiger partial charge on any atom is -0.336 e. The molecule has 138 valence electrons. The number of amides is 1. The molecule has 0 aromatic heterocycles. The summed E-state index contributed by atoms with van der Waals surface area (Å²) in [7, 11) is -3.48. The van der Waals surface area contributed by atoms with Gasteiger partial charge in [-0.25, -0.2) is 4.39 Å². The lowest BCUT2D eigenvalue weighted by Gasteiger charge is -2.38. The number of piperazine rings is 1. The van der Waals surface area contributed by atoms with Gasteiger partial charge in [0, 0.05) is 39.3 Å². The number of hydrogen-bond acceptors (Lipinski definition) is 3. The summed E-state index contributed by atoms with van der Waals surface area (Å²) in [5.74, 6) is -0.381. The van der Waals surface area contributed by atoms with E-state index in [4.69, 9.17) is 0 Å². The predicted octanol–water partition coefficient (Wildman–Crippen LogP) is 1.56. The third kappa shape index (κ3) is 3.86. The second-order valence-electron chi connectivity index (χ2n) is 6.76. The summed E-state index contributed by atoms with van der Waals surface area (Å²) >= 11 is 0. The van der Waals surface area contributed by atoms with Crippen molar-refractivity contribution in [1.82, 2.24) is 13.5 Å². The van der Waals surface area contributed by atoms with Gasteiger partial charge in [0.05, 0.1) is 5.56 Å². The van der Waals surface area contributed by atoms with Crippen molar-refractivity contribution in [2.45, 2.75) is 19.8 Å². The molecular formula is C17H24FN3O3S. The first kappa shape index (κ1) is 18.3. The van der Waals surface area contributed by atoms with Gasteiger partial charge in [-0.2, -0.15) is 17.0 Å². The number of carbonyl (C=O) groups excluding carboxylic acids is 1. The molecule has 1 amide bonds. The Balaban J connectivity index is 1.62. The third-order valence-electron chi connectivity index (χ3n) is 5.03. The first-order chi connectivity index (χ1) is 11.9. The van der Waals surface area contributed by atoms with Crippen molar-refractivity contribution in [1.29, 1.82) is 0 Å². The fourth-order valence-corrected chi connectivity index (χ4v) is 4.93. The minimum atomic E-state index is -3.48. The van der Waals surface area contributed by atoms with Gasteiger partial charge in [-0.05, 0) is 30.9 Å². The van der Waals surface area contributed by atoms with E-state index >= 15 is 0 Å². The van der Waals surface area contributed by atoms with Gasteiger partial charge in [-0.1, -0.05) is 19.1 Å². The number of hydrogen-bond donors (Lipinski definition) is 0. The Morgan fingerprint density at radius 1 is 1.00 bits per heavy atom. The number of benzene rings is 1. The van der Waals surface area contributed by atoms with Gasteiger partial charge in [-0.3, -0.25) is 4.79 Å². The molecule has 0 radical (unpaired) electrons. The molecule has 0 unspecified atom stereocenters. The van der Waals surface area contributed by atoms with Crippen LogP contribution >= 0.6 is 0 Å². The number of rotatable bonds is 3. The molecule has 0 spiro atoms. The van der Waals surface area contributed by atoms with Crippen LogP contribution in [0.1, 0.15) is 30.1 Å². The first-order valence-corrected chi connectivity index (χ1v) is 10.1. The molecule has 2 aliphatic heterocycles. The molecular weight excluding hydrogens is 345 g/mol. The zero-order chi connectivity index (χ0) is 18.0. The Bertz CT molecular complexity index is 724. The van der Waals surface area contributed by atoms with Crippen molar-refractivity contribution in [3.8, 4) is 0 Å². The van der Waals surface area contributed by atoms with E-state index in [0.717, 1.165) is 12.8 Å². The Hall–Kier alpha value is -1.51. The van der Waals surface area contributed by atoms with Gasteiger partial charge in [0.25, 0.3) is 16.1 Å². The lowest BCUT2D eigenvalue weighted by Crippen LogP contribution is -2.55. The fourth-order valence-electron chi connectivity index (χ4n) is 3.31.